The molecule has 5 nitrogen and oxygen atoms in total. The van der Waals surface area contributed by atoms with Gasteiger partial charge in [0.25, 0.3) is 11.8 Å². The van der Waals surface area contributed by atoms with Gasteiger partial charge in [0.15, 0.2) is 11.6 Å². The summed E-state index contributed by atoms with van der Waals surface area (Å²) in [4.78, 5) is 7.40. The highest BCUT2D eigenvalue weighted by Crippen LogP contribution is 2.36. The molecule has 28 heavy (non-hydrogen) atoms. The van der Waals surface area contributed by atoms with E-state index in [-0.39, 0.29) is 23.1 Å². The van der Waals surface area contributed by atoms with Crippen LogP contribution in [0.1, 0.15) is 5.56 Å². The van der Waals surface area contributed by atoms with E-state index in [4.69, 9.17) is 25.8 Å². The SMILES string of the molecule is COc1c(F)c(OCc2ccc(F)c(F)c2)nc(Oc2ccnc(Cl)c2)c1F. The zero-order valence-electron chi connectivity index (χ0n) is 14.2. The zero-order chi connectivity index (χ0) is 20.3. The van der Waals surface area contributed by atoms with Gasteiger partial charge in [0.1, 0.15) is 17.5 Å². The third-order valence-corrected chi connectivity index (χ3v) is 3.66. The van der Waals surface area contributed by atoms with E-state index < -0.39 is 40.8 Å². The molecule has 0 spiro atoms. The minimum absolute atomic E-state index is 0.0850. The van der Waals surface area contributed by atoms with Gasteiger partial charge in [-0.15, -0.1) is 0 Å². The number of ether oxygens (including phenoxy) is 3. The van der Waals surface area contributed by atoms with Gasteiger partial charge in [-0.1, -0.05) is 17.7 Å². The van der Waals surface area contributed by atoms with Gasteiger partial charge in [-0.25, -0.2) is 13.8 Å². The lowest BCUT2D eigenvalue weighted by atomic mass is 10.2. The summed E-state index contributed by atoms with van der Waals surface area (Å²) in [5.41, 5.74) is 0.201. The lowest BCUT2D eigenvalue weighted by molar-refractivity contribution is 0.256. The molecule has 2 heterocycles. The monoisotopic (exact) mass is 414 g/mol. The first-order valence-electron chi connectivity index (χ1n) is 7.68. The van der Waals surface area contributed by atoms with Crippen molar-refractivity contribution in [2.45, 2.75) is 6.61 Å². The molecule has 0 saturated heterocycles. The second-order valence-corrected chi connectivity index (χ2v) is 5.72. The maximum absolute atomic E-state index is 14.4. The maximum atomic E-state index is 14.4. The minimum Gasteiger partial charge on any atom is -0.491 e. The molecule has 1 aromatic carbocycles. The largest absolute Gasteiger partial charge is 0.491 e. The average molecular weight is 415 g/mol. The third-order valence-electron chi connectivity index (χ3n) is 3.45. The molecule has 0 atom stereocenters. The lowest BCUT2D eigenvalue weighted by Gasteiger charge is -2.13. The van der Waals surface area contributed by atoms with Crippen LogP contribution in [-0.4, -0.2) is 17.1 Å². The van der Waals surface area contributed by atoms with Crippen molar-refractivity contribution in [3.8, 4) is 23.3 Å². The van der Waals surface area contributed by atoms with Crippen molar-refractivity contribution in [3.05, 3.63) is 70.5 Å². The Morgan fingerprint density at radius 2 is 1.71 bits per heavy atom. The fourth-order valence-corrected chi connectivity index (χ4v) is 2.33. The lowest BCUT2D eigenvalue weighted by Crippen LogP contribution is -2.06. The second kappa shape index (κ2) is 8.30. The number of aromatic nitrogens is 2. The van der Waals surface area contributed by atoms with Crippen molar-refractivity contribution < 1.29 is 31.8 Å². The molecule has 0 radical (unpaired) electrons. The molecule has 146 valence electrons. The molecular formula is C18H11ClF4N2O3. The Labute approximate surface area is 161 Å². The highest BCUT2D eigenvalue weighted by molar-refractivity contribution is 6.29. The van der Waals surface area contributed by atoms with Crippen molar-refractivity contribution in [1.82, 2.24) is 9.97 Å². The summed E-state index contributed by atoms with van der Waals surface area (Å²) in [5.74, 6) is -6.54. The van der Waals surface area contributed by atoms with E-state index in [0.29, 0.717) is 0 Å². The van der Waals surface area contributed by atoms with E-state index in [1.165, 1.54) is 24.4 Å². The molecule has 0 aliphatic heterocycles. The molecule has 10 heteroatoms. The molecule has 0 unspecified atom stereocenters. The van der Waals surface area contributed by atoms with Gasteiger partial charge in [-0.2, -0.15) is 13.8 Å². The average Bonchev–Trinajstić information content (AvgIpc) is 2.66. The standard InChI is InChI=1S/C18H11ClF4N2O3/c1-26-16-14(22)17(27-8-9-2-3-11(20)12(21)6-9)25-18(15(16)23)28-10-4-5-24-13(19)7-10/h2-7H,8H2,1H3. The molecule has 0 saturated carbocycles. The fourth-order valence-electron chi connectivity index (χ4n) is 2.16. The first kappa shape index (κ1) is 19.7. The Kier molecular flexibility index (Phi) is 5.84. The van der Waals surface area contributed by atoms with Crippen LogP contribution >= 0.6 is 11.6 Å². The Balaban J connectivity index is 1.90. The number of rotatable bonds is 6. The number of methoxy groups -OCH3 is 1. The van der Waals surface area contributed by atoms with Gasteiger partial charge in [0, 0.05) is 12.3 Å². The van der Waals surface area contributed by atoms with Crippen LogP contribution in [-0.2, 0) is 6.61 Å². The van der Waals surface area contributed by atoms with Gasteiger partial charge < -0.3 is 14.2 Å². The maximum Gasteiger partial charge on any atom is 0.263 e. The smallest absolute Gasteiger partial charge is 0.263 e. The van der Waals surface area contributed by atoms with Crippen LogP contribution < -0.4 is 14.2 Å². The summed E-state index contributed by atoms with van der Waals surface area (Å²) >= 11 is 5.74. The predicted octanol–water partition coefficient (Wildman–Crippen LogP) is 5.07. The first-order valence-corrected chi connectivity index (χ1v) is 8.06. The molecule has 0 aliphatic carbocycles. The first-order chi connectivity index (χ1) is 13.4. The van der Waals surface area contributed by atoms with Gasteiger partial charge in [0.2, 0.25) is 17.4 Å². The highest BCUT2D eigenvalue weighted by Gasteiger charge is 2.24. The summed E-state index contributed by atoms with van der Waals surface area (Å²) in [6.07, 6.45) is 1.32. The van der Waals surface area contributed by atoms with E-state index in [1.807, 2.05) is 0 Å². The van der Waals surface area contributed by atoms with Crippen LogP contribution in [0.2, 0.25) is 5.15 Å². The summed E-state index contributed by atoms with van der Waals surface area (Å²) in [7, 11) is 1.05. The highest BCUT2D eigenvalue weighted by atomic mass is 35.5. The Hall–Kier alpha value is -3.07. The second-order valence-electron chi connectivity index (χ2n) is 5.34. The van der Waals surface area contributed by atoms with E-state index in [9.17, 15) is 17.6 Å². The van der Waals surface area contributed by atoms with Gasteiger partial charge >= 0.3 is 0 Å². The summed E-state index contributed by atoms with van der Waals surface area (Å²) in [6.45, 7) is -0.365. The third kappa shape index (κ3) is 4.25. The van der Waals surface area contributed by atoms with Crippen LogP contribution in [0.5, 0.6) is 23.3 Å². The van der Waals surface area contributed by atoms with Crippen LogP contribution in [0, 0.1) is 23.3 Å². The van der Waals surface area contributed by atoms with E-state index >= 15 is 0 Å². The van der Waals surface area contributed by atoms with Crippen molar-refractivity contribution in [2.24, 2.45) is 0 Å². The summed E-state index contributed by atoms with van der Waals surface area (Å²) in [6, 6.07) is 5.69. The zero-order valence-corrected chi connectivity index (χ0v) is 14.9. The minimum atomic E-state index is -1.22. The molecule has 0 amide bonds. The van der Waals surface area contributed by atoms with Crippen LogP contribution in [0.4, 0.5) is 17.6 Å². The molecule has 0 fully saturated rings. The summed E-state index contributed by atoms with van der Waals surface area (Å²) in [5, 5.41) is 0.0850. The molecule has 0 N–H and O–H groups in total. The van der Waals surface area contributed by atoms with Crippen molar-refractivity contribution in [2.75, 3.05) is 7.11 Å². The van der Waals surface area contributed by atoms with Crippen LogP contribution in [0.25, 0.3) is 0 Å². The normalized spacial score (nSPS) is 10.6. The Morgan fingerprint density at radius 3 is 2.39 bits per heavy atom. The fraction of sp³-hybridized carbons (Fsp3) is 0.111. The van der Waals surface area contributed by atoms with E-state index in [2.05, 4.69) is 9.97 Å². The summed E-state index contributed by atoms with van der Waals surface area (Å²) < 4.78 is 70.2. The van der Waals surface area contributed by atoms with Crippen molar-refractivity contribution in [1.29, 1.82) is 0 Å². The number of benzene rings is 1. The number of nitrogens with zero attached hydrogens (tertiary/aromatic N) is 2. The predicted molar refractivity (Wildman–Crippen MR) is 90.7 cm³/mol. The molecular weight excluding hydrogens is 404 g/mol. The number of pyridine rings is 2. The topological polar surface area (TPSA) is 53.5 Å². The quantitative estimate of drug-likeness (QED) is 0.416. The van der Waals surface area contributed by atoms with Crippen LogP contribution in [0.3, 0.4) is 0 Å². The van der Waals surface area contributed by atoms with Gasteiger partial charge in [-0.05, 0) is 23.8 Å². The number of halogens is 5. The van der Waals surface area contributed by atoms with Gasteiger partial charge in [0.05, 0.1) is 7.11 Å². The molecule has 0 bridgehead atoms. The van der Waals surface area contributed by atoms with Crippen LogP contribution in [0.15, 0.2) is 36.5 Å². The van der Waals surface area contributed by atoms with Gasteiger partial charge in [-0.3, -0.25) is 0 Å². The molecule has 0 aliphatic rings. The molecule has 3 rings (SSSR count). The Bertz CT molecular complexity index is 1020. The molecule has 2 aromatic heterocycles. The number of hydrogen-bond donors (Lipinski definition) is 0. The van der Waals surface area contributed by atoms with E-state index in [1.54, 1.807) is 0 Å². The van der Waals surface area contributed by atoms with Crippen molar-refractivity contribution >= 4 is 11.6 Å². The van der Waals surface area contributed by atoms with E-state index in [0.717, 1.165) is 19.2 Å². The van der Waals surface area contributed by atoms with Crippen molar-refractivity contribution in [3.63, 3.8) is 0 Å². The number of hydrogen-bond acceptors (Lipinski definition) is 5. The molecule has 3 aromatic rings. The Morgan fingerprint density at radius 1 is 0.964 bits per heavy atom.